The van der Waals surface area contributed by atoms with E-state index in [0.717, 1.165) is 13.0 Å². The van der Waals surface area contributed by atoms with E-state index in [4.69, 9.17) is 10.5 Å². The van der Waals surface area contributed by atoms with Gasteiger partial charge in [0.05, 0.1) is 12.7 Å². The molecular formula is C11H17NOS. The fourth-order valence-corrected chi connectivity index (χ4v) is 2.76. The van der Waals surface area contributed by atoms with E-state index in [0.29, 0.717) is 12.0 Å². The Morgan fingerprint density at radius 1 is 1.64 bits per heavy atom. The van der Waals surface area contributed by atoms with Crippen molar-refractivity contribution in [3.8, 4) is 0 Å². The zero-order valence-corrected chi connectivity index (χ0v) is 9.51. The van der Waals surface area contributed by atoms with Gasteiger partial charge in [0, 0.05) is 16.8 Å². The van der Waals surface area contributed by atoms with Crippen molar-refractivity contribution in [2.75, 3.05) is 6.61 Å². The minimum absolute atomic E-state index is 0.157. The normalized spacial score (nSPS) is 29.4. The Bertz CT molecular complexity index is 310. The van der Waals surface area contributed by atoms with Crippen LogP contribution in [-0.2, 0) is 4.74 Å². The number of hydrogen-bond donors (Lipinski definition) is 1. The molecule has 3 heteroatoms. The molecule has 1 aromatic rings. The largest absolute Gasteiger partial charge is 0.378 e. The molecule has 0 radical (unpaired) electrons. The second-order valence-electron chi connectivity index (χ2n) is 4.16. The molecule has 3 atom stereocenters. The molecule has 0 amide bonds. The van der Waals surface area contributed by atoms with E-state index in [1.54, 1.807) is 11.3 Å². The molecule has 1 aliphatic heterocycles. The van der Waals surface area contributed by atoms with Gasteiger partial charge in [0.1, 0.15) is 0 Å². The summed E-state index contributed by atoms with van der Waals surface area (Å²) in [6.07, 6.45) is 1.47. The number of aryl methyl sites for hydroxylation is 1. The average molecular weight is 211 g/mol. The van der Waals surface area contributed by atoms with E-state index in [1.165, 1.54) is 10.4 Å². The highest BCUT2D eigenvalue weighted by Gasteiger charge is 2.28. The molecule has 1 aromatic heterocycles. The summed E-state index contributed by atoms with van der Waals surface area (Å²) in [5, 5.41) is 2.17. The van der Waals surface area contributed by atoms with Gasteiger partial charge in [-0.2, -0.15) is 0 Å². The van der Waals surface area contributed by atoms with Crippen molar-refractivity contribution in [2.24, 2.45) is 11.7 Å². The van der Waals surface area contributed by atoms with Gasteiger partial charge in [-0.15, -0.1) is 11.3 Å². The van der Waals surface area contributed by atoms with Crippen LogP contribution >= 0.6 is 11.3 Å². The summed E-state index contributed by atoms with van der Waals surface area (Å²) < 4.78 is 5.54. The van der Waals surface area contributed by atoms with Crippen molar-refractivity contribution >= 4 is 11.3 Å². The molecule has 78 valence electrons. The molecule has 1 aliphatic rings. The molecule has 2 heterocycles. The lowest BCUT2D eigenvalue weighted by atomic mass is 9.93. The number of ether oxygens (including phenoxy) is 1. The Kier molecular flexibility index (Phi) is 2.91. The van der Waals surface area contributed by atoms with Crippen molar-refractivity contribution < 1.29 is 4.74 Å². The van der Waals surface area contributed by atoms with Crippen LogP contribution in [0.5, 0.6) is 0 Å². The third-order valence-corrected chi connectivity index (χ3v) is 3.75. The standard InChI is InChI=1S/C11H17NOS/c1-7-3-9(5-13-7)11(12)10-4-8(2)14-6-10/h4,6-7,9,11H,3,5,12H2,1-2H3. The molecule has 0 aliphatic carbocycles. The quantitative estimate of drug-likeness (QED) is 0.815. The van der Waals surface area contributed by atoms with Crippen molar-refractivity contribution in [1.29, 1.82) is 0 Å². The molecule has 3 unspecified atom stereocenters. The molecular weight excluding hydrogens is 194 g/mol. The Hall–Kier alpha value is -0.380. The third kappa shape index (κ3) is 2.00. The highest BCUT2D eigenvalue weighted by molar-refractivity contribution is 7.10. The maximum Gasteiger partial charge on any atom is 0.0551 e. The van der Waals surface area contributed by atoms with Gasteiger partial charge in [-0.25, -0.2) is 0 Å². The van der Waals surface area contributed by atoms with Gasteiger partial charge in [-0.1, -0.05) is 0 Å². The second-order valence-corrected chi connectivity index (χ2v) is 5.27. The van der Waals surface area contributed by atoms with Crippen molar-refractivity contribution in [2.45, 2.75) is 32.4 Å². The van der Waals surface area contributed by atoms with Crippen LogP contribution < -0.4 is 5.73 Å². The summed E-state index contributed by atoms with van der Waals surface area (Å²) in [6, 6.07) is 2.35. The molecule has 14 heavy (non-hydrogen) atoms. The van der Waals surface area contributed by atoms with Gasteiger partial charge in [0.2, 0.25) is 0 Å². The summed E-state index contributed by atoms with van der Waals surface area (Å²) >= 11 is 1.77. The summed E-state index contributed by atoms with van der Waals surface area (Å²) in [6.45, 7) is 5.05. The predicted molar refractivity (Wildman–Crippen MR) is 59.5 cm³/mol. The lowest BCUT2D eigenvalue weighted by Gasteiger charge is -2.16. The summed E-state index contributed by atoms with van der Waals surface area (Å²) in [5.74, 6) is 0.499. The first-order chi connectivity index (χ1) is 6.66. The minimum Gasteiger partial charge on any atom is -0.378 e. The topological polar surface area (TPSA) is 35.2 Å². The number of rotatable bonds is 2. The Balaban J connectivity index is 2.05. The number of hydrogen-bond acceptors (Lipinski definition) is 3. The van der Waals surface area contributed by atoms with E-state index in [-0.39, 0.29) is 6.04 Å². The lowest BCUT2D eigenvalue weighted by molar-refractivity contribution is 0.118. The first kappa shape index (κ1) is 10.1. The van der Waals surface area contributed by atoms with Crippen LogP contribution in [0.15, 0.2) is 11.4 Å². The van der Waals surface area contributed by atoms with Crippen LogP contribution in [0.3, 0.4) is 0 Å². The fourth-order valence-electron chi connectivity index (χ4n) is 2.01. The number of nitrogens with two attached hydrogens (primary N) is 1. The van der Waals surface area contributed by atoms with Crippen molar-refractivity contribution in [3.05, 3.63) is 21.9 Å². The predicted octanol–water partition coefficient (Wildman–Crippen LogP) is 2.48. The highest BCUT2D eigenvalue weighted by Crippen LogP contribution is 2.31. The van der Waals surface area contributed by atoms with E-state index < -0.39 is 0 Å². The van der Waals surface area contributed by atoms with Crippen LogP contribution in [0.25, 0.3) is 0 Å². The molecule has 0 saturated carbocycles. The summed E-state index contributed by atoms with van der Waals surface area (Å²) in [7, 11) is 0. The van der Waals surface area contributed by atoms with Crippen LogP contribution in [0, 0.1) is 12.8 Å². The Labute approximate surface area is 89.1 Å². The van der Waals surface area contributed by atoms with E-state index in [2.05, 4.69) is 25.3 Å². The molecule has 1 saturated heterocycles. The minimum atomic E-state index is 0.157. The average Bonchev–Trinajstić information content (AvgIpc) is 2.73. The highest BCUT2D eigenvalue weighted by atomic mass is 32.1. The van der Waals surface area contributed by atoms with Crippen LogP contribution in [-0.4, -0.2) is 12.7 Å². The fraction of sp³-hybridized carbons (Fsp3) is 0.636. The first-order valence-corrected chi connectivity index (χ1v) is 5.97. The molecule has 2 rings (SSSR count). The van der Waals surface area contributed by atoms with Gasteiger partial charge in [-0.05, 0) is 37.3 Å². The van der Waals surface area contributed by atoms with Crippen LogP contribution in [0.2, 0.25) is 0 Å². The third-order valence-electron chi connectivity index (χ3n) is 2.87. The zero-order chi connectivity index (χ0) is 10.1. The monoisotopic (exact) mass is 211 g/mol. The molecule has 2 nitrogen and oxygen atoms in total. The number of thiophene rings is 1. The van der Waals surface area contributed by atoms with Crippen molar-refractivity contribution in [1.82, 2.24) is 0 Å². The van der Waals surface area contributed by atoms with E-state index >= 15 is 0 Å². The molecule has 0 aromatic carbocycles. The first-order valence-electron chi connectivity index (χ1n) is 5.09. The van der Waals surface area contributed by atoms with Crippen LogP contribution in [0.4, 0.5) is 0 Å². The maximum atomic E-state index is 6.20. The SMILES string of the molecule is Cc1cc(C(N)C2COC(C)C2)cs1. The zero-order valence-electron chi connectivity index (χ0n) is 8.69. The lowest BCUT2D eigenvalue weighted by Crippen LogP contribution is -2.21. The smallest absolute Gasteiger partial charge is 0.0551 e. The Morgan fingerprint density at radius 3 is 2.93 bits per heavy atom. The van der Waals surface area contributed by atoms with Gasteiger partial charge in [0.25, 0.3) is 0 Å². The van der Waals surface area contributed by atoms with Crippen molar-refractivity contribution in [3.63, 3.8) is 0 Å². The molecule has 0 spiro atoms. The summed E-state index contributed by atoms with van der Waals surface area (Å²) in [5.41, 5.74) is 7.48. The molecule has 2 N–H and O–H groups in total. The Morgan fingerprint density at radius 2 is 2.43 bits per heavy atom. The molecule has 1 fully saturated rings. The van der Waals surface area contributed by atoms with Gasteiger partial charge >= 0.3 is 0 Å². The van der Waals surface area contributed by atoms with E-state index in [9.17, 15) is 0 Å². The second kappa shape index (κ2) is 4.01. The summed E-state index contributed by atoms with van der Waals surface area (Å²) in [4.78, 5) is 1.34. The van der Waals surface area contributed by atoms with Gasteiger partial charge in [0.15, 0.2) is 0 Å². The van der Waals surface area contributed by atoms with Crippen LogP contribution in [0.1, 0.15) is 29.8 Å². The van der Waals surface area contributed by atoms with E-state index in [1.807, 2.05) is 0 Å². The molecule has 0 bridgehead atoms. The van der Waals surface area contributed by atoms with Gasteiger partial charge < -0.3 is 10.5 Å². The maximum absolute atomic E-state index is 6.20. The van der Waals surface area contributed by atoms with Gasteiger partial charge in [-0.3, -0.25) is 0 Å².